The summed E-state index contributed by atoms with van der Waals surface area (Å²) in [6.45, 7) is 1.54. The Morgan fingerprint density at radius 2 is 1.91 bits per heavy atom. The zero-order chi connectivity index (χ0) is 22.9. The molecule has 0 bridgehead atoms. The third-order valence-electron chi connectivity index (χ3n) is 5.58. The van der Waals surface area contributed by atoms with E-state index in [1.807, 2.05) is 30.5 Å². The zero-order valence-corrected chi connectivity index (χ0v) is 18.5. The maximum Gasteiger partial charge on any atom is 0.354 e. The van der Waals surface area contributed by atoms with Crippen LogP contribution < -0.4 is 10.1 Å². The van der Waals surface area contributed by atoms with Crippen molar-refractivity contribution in [1.82, 2.24) is 9.97 Å². The quantitative estimate of drug-likeness (QED) is 0.247. The minimum atomic E-state index is -0.406. The van der Waals surface area contributed by atoms with Gasteiger partial charge in [-0.05, 0) is 62.3 Å². The Hall–Kier alpha value is -3.52. The van der Waals surface area contributed by atoms with Crippen molar-refractivity contribution in [2.24, 2.45) is 0 Å². The van der Waals surface area contributed by atoms with Gasteiger partial charge in [0.2, 0.25) is 0 Å². The number of ether oxygens (including phenoxy) is 2. The van der Waals surface area contributed by atoms with Crippen LogP contribution in [0.2, 0.25) is 0 Å². The second kappa shape index (κ2) is 11.4. The molecule has 0 unspecified atom stereocenters. The molecule has 0 spiro atoms. The van der Waals surface area contributed by atoms with Crippen LogP contribution in [0.15, 0.2) is 54.9 Å². The number of nitro groups is 1. The first-order valence-corrected chi connectivity index (χ1v) is 11.4. The predicted octanol–water partition coefficient (Wildman–Crippen LogP) is 5.12. The van der Waals surface area contributed by atoms with E-state index < -0.39 is 4.92 Å². The number of rotatable bonds is 11. The van der Waals surface area contributed by atoms with E-state index in [0.29, 0.717) is 31.2 Å². The monoisotopic (exact) mass is 448 g/mol. The maximum atomic E-state index is 12.0. The molecule has 0 atom stereocenters. The van der Waals surface area contributed by atoms with Crippen LogP contribution in [0.4, 0.5) is 11.4 Å². The molecule has 1 aliphatic rings. The molecule has 1 N–H and O–H groups in total. The Bertz CT molecular complexity index is 1060. The lowest BCUT2D eigenvalue weighted by Gasteiger charge is -2.21. The van der Waals surface area contributed by atoms with Crippen LogP contribution >= 0.6 is 0 Å². The molecule has 0 radical (unpaired) electrons. The van der Waals surface area contributed by atoms with E-state index in [4.69, 9.17) is 9.47 Å². The van der Waals surface area contributed by atoms with Crippen LogP contribution in [-0.2, 0) is 24.0 Å². The summed E-state index contributed by atoms with van der Waals surface area (Å²) in [5.74, 6) is 0.554. The van der Waals surface area contributed by atoms with Crippen LogP contribution in [0.3, 0.4) is 0 Å². The van der Waals surface area contributed by atoms with Crippen molar-refractivity contribution >= 4 is 11.4 Å². The summed E-state index contributed by atoms with van der Waals surface area (Å²) in [6, 6.07) is 13.0. The molecule has 2 heterocycles. The molecule has 8 heteroatoms. The number of nitrogens with one attached hydrogen (secondary N) is 1. The van der Waals surface area contributed by atoms with Gasteiger partial charge < -0.3 is 14.8 Å². The third-order valence-corrected chi connectivity index (χ3v) is 5.58. The van der Waals surface area contributed by atoms with Gasteiger partial charge in [-0.2, -0.15) is 0 Å². The topological polar surface area (TPSA) is 99.4 Å². The SMILES string of the molecule is O=[N+]([O-])c1c(Oc2ccccc2)nc2c(c1NCCOCCCc1cccnc1)CCCC2. The molecular formula is C25H28N4O4. The summed E-state index contributed by atoms with van der Waals surface area (Å²) in [6.07, 6.45) is 8.99. The lowest BCUT2D eigenvalue weighted by atomic mass is 9.94. The number of aromatic nitrogens is 2. The van der Waals surface area contributed by atoms with Gasteiger partial charge in [-0.1, -0.05) is 24.3 Å². The fourth-order valence-corrected chi connectivity index (χ4v) is 4.01. The van der Waals surface area contributed by atoms with Gasteiger partial charge in [0.15, 0.2) is 0 Å². The van der Waals surface area contributed by atoms with Crippen molar-refractivity contribution in [3.63, 3.8) is 0 Å². The Morgan fingerprint density at radius 3 is 2.70 bits per heavy atom. The normalized spacial score (nSPS) is 12.7. The average Bonchev–Trinajstić information content (AvgIpc) is 2.84. The van der Waals surface area contributed by atoms with E-state index in [-0.39, 0.29) is 11.6 Å². The first-order chi connectivity index (χ1) is 16.2. The number of fused-ring (bicyclic) bond motifs is 1. The van der Waals surface area contributed by atoms with Crippen molar-refractivity contribution in [2.45, 2.75) is 38.5 Å². The minimum Gasteiger partial charge on any atom is -0.434 e. The summed E-state index contributed by atoms with van der Waals surface area (Å²) >= 11 is 0. The van der Waals surface area contributed by atoms with E-state index >= 15 is 0 Å². The molecule has 1 aliphatic carbocycles. The van der Waals surface area contributed by atoms with E-state index in [1.165, 1.54) is 5.56 Å². The highest BCUT2D eigenvalue weighted by molar-refractivity contribution is 5.72. The number of hydrogen-bond acceptors (Lipinski definition) is 7. The number of aryl methyl sites for hydroxylation is 2. The molecular weight excluding hydrogens is 420 g/mol. The van der Waals surface area contributed by atoms with Crippen LogP contribution in [-0.4, -0.2) is 34.6 Å². The second-order valence-electron chi connectivity index (χ2n) is 7.95. The fraction of sp³-hybridized carbons (Fsp3) is 0.360. The third kappa shape index (κ3) is 6.04. The highest BCUT2D eigenvalue weighted by Crippen LogP contribution is 2.41. The van der Waals surface area contributed by atoms with Gasteiger partial charge in [0.05, 0.1) is 17.2 Å². The lowest BCUT2D eigenvalue weighted by Crippen LogP contribution is -2.17. The van der Waals surface area contributed by atoms with E-state index in [9.17, 15) is 10.1 Å². The molecule has 8 nitrogen and oxygen atoms in total. The molecule has 3 aromatic rings. The predicted molar refractivity (Wildman–Crippen MR) is 126 cm³/mol. The fourth-order valence-electron chi connectivity index (χ4n) is 4.01. The number of pyridine rings is 2. The highest BCUT2D eigenvalue weighted by Gasteiger charge is 2.30. The zero-order valence-electron chi connectivity index (χ0n) is 18.5. The van der Waals surface area contributed by atoms with Crippen LogP contribution in [0, 0.1) is 10.1 Å². The van der Waals surface area contributed by atoms with E-state index in [0.717, 1.165) is 49.8 Å². The van der Waals surface area contributed by atoms with Crippen molar-refractivity contribution in [3.05, 3.63) is 81.8 Å². The molecule has 2 aromatic heterocycles. The smallest absolute Gasteiger partial charge is 0.354 e. The summed E-state index contributed by atoms with van der Waals surface area (Å²) < 4.78 is 11.6. The van der Waals surface area contributed by atoms with Crippen molar-refractivity contribution < 1.29 is 14.4 Å². The lowest BCUT2D eigenvalue weighted by molar-refractivity contribution is -0.385. The maximum absolute atomic E-state index is 12.0. The highest BCUT2D eigenvalue weighted by atomic mass is 16.6. The summed E-state index contributed by atoms with van der Waals surface area (Å²) in [7, 11) is 0. The van der Waals surface area contributed by atoms with Gasteiger partial charge in [0.25, 0.3) is 0 Å². The standard InChI is InChI=1S/C25H28N4O4/c30-29(31)24-23(27-15-17-32-16-7-9-19-8-6-14-26-18-19)21-12-4-5-13-22(21)28-25(24)33-20-10-2-1-3-11-20/h1-3,6,8,10-11,14,18H,4-5,7,9,12-13,15-17H2,(H,27,28). The van der Waals surface area contributed by atoms with Gasteiger partial charge in [-0.15, -0.1) is 0 Å². The number of para-hydroxylation sites is 1. The first kappa shape index (κ1) is 22.7. The van der Waals surface area contributed by atoms with Gasteiger partial charge in [0, 0.05) is 31.1 Å². The molecule has 172 valence electrons. The molecule has 0 amide bonds. The Kier molecular flexibility index (Phi) is 7.81. The summed E-state index contributed by atoms with van der Waals surface area (Å²) in [5.41, 5.74) is 3.37. The number of nitrogens with zero attached hydrogens (tertiary/aromatic N) is 3. The summed E-state index contributed by atoms with van der Waals surface area (Å²) in [5, 5.41) is 15.3. The van der Waals surface area contributed by atoms with E-state index in [2.05, 4.69) is 21.4 Å². The minimum absolute atomic E-state index is 0.0340. The molecule has 0 fully saturated rings. The number of benzene rings is 1. The van der Waals surface area contributed by atoms with Crippen molar-refractivity contribution in [1.29, 1.82) is 0 Å². The van der Waals surface area contributed by atoms with Gasteiger partial charge >= 0.3 is 11.6 Å². The molecule has 0 saturated carbocycles. The van der Waals surface area contributed by atoms with Crippen LogP contribution in [0.5, 0.6) is 11.6 Å². The first-order valence-electron chi connectivity index (χ1n) is 11.4. The summed E-state index contributed by atoms with van der Waals surface area (Å²) in [4.78, 5) is 20.3. The molecule has 33 heavy (non-hydrogen) atoms. The largest absolute Gasteiger partial charge is 0.434 e. The molecule has 1 aromatic carbocycles. The molecule has 4 rings (SSSR count). The van der Waals surface area contributed by atoms with Crippen molar-refractivity contribution in [2.75, 3.05) is 25.1 Å². The van der Waals surface area contributed by atoms with E-state index in [1.54, 1.807) is 18.3 Å². The van der Waals surface area contributed by atoms with Crippen LogP contribution in [0.25, 0.3) is 0 Å². The van der Waals surface area contributed by atoms with Gasteiger partial charge in [0.1, 0.15) is 11.4 Å². The Balaban J connectivity index is 1.42. The number of anilines is 1. The van der Waals surface area contributed by atoms with Gasteiger partial charge in [-0.3, -0.25) is 15.1 Å². The van der Waals surface area contributed by atoms with Gasteiger partial charge in [-0.25, -0.2) is 4.98 Å². The number of hydrogen-bond donors (Lipinski definition) is 1. The molecule has 0 aliphatic heterocycles. The van der Waals surface area contributed by atoms with Crippen molar-refractivity contribution in [3.8, 4) is 11.6 Å². The Morgan fingerprint density at radius 1 is 1.06 bits per heavy atom. The average molecular weight is 449 g/mol. The second-order valence-corrected chi connectivity index (χ2v) is 7.95. The Labute approximate surface area is 193 Å². The molecule has 0 saturated heterocycles. The van der Waals surface area contributed by atoms with Crippen LogP contribution in [0.1, 0.15) is 36.1 Å².